The first-order valence-electron chi connectivity index (χ1n) is 6.08. The quantitative estimate of drug-likeness (QED) is 0.800. The Morgan fingerprint density at radius 2 is 2.17 bits per heavy atom. The van der Waals surface area contributed by atoms with E-state index in [0.29, 0.717) is 25.1 Å². The van der Waals surface area contributed by atoms with Gasteiger partial charge in [0.1, 0.15) is 5.78 Å². The number of nitrogens with zero attached hydrogens (tertiary/aromatic N) is 1. The van der Waals surface area contributed by atoms with Crippen molar-refractivity contribution < 1.29 is 9.59 Å². The van der Waals surface area contributed by atoms with E-state index in [4.69, 9.17) is 0 Å². The molecular formula is C14H16BrNO2. The number of piperidine rings is 1. The van der Waals surface area contributed by atoms with Crippen LogP contribution in [0.1, 0.15) is 29.3 Å². The van der Waals surface area contributed by atoms with Crippen molar-refractivity contribution in [2.24, 2.45) is 5.92 Å². The van der Waals surface area contributed by atoms with Gasteiger partial charge in [-0.05, 0) is 24.6 Å². The number of carbonyl (C=O) groups is 2. The summed E-state index contributed by atoms with van der Waals surface area (Å²) in [5, 5.41) is 0. The van der Waals surface area contributed by atoms with E-state index in [2.05, 4.69) is 15.9 Å². The predicted octanol–water partition coefficient (Wildman–Crippen LogP) is 2.81. The number of carbonyl (C=O) groups excluding carboxylic acids is 2. The lowest BCUT2D eigenvalue weighted by Crippen LogP contribution is -2.43. The van der Waals surface area contributed by atoms with Crippen molar-refractivity contribution in [2.75, 3.05) is 13.1 Å². The summed E-state index contributed by atoms with van der Waals surface area (Å²) in [6.45, 7) is 4.88. The number of likely N-dealkylation sites (tertiary alicyclic amines) is 1. The van der Waals surface area contributed by atoms with Crippen LogP contribution >= 0.6 is 15.9 Å². The fraction of sp³-hybridized carbons (Fsp3) is 0.429. The van der Waals surface area contributed by atoms with Gasteiger partial charge in [0.05, 0.1) is 0 Å². The van der Waals surface area contributed by atoms with Crippen LogP contribution < -0.4 is 0 Å². The molecule has 96 valence electrons. The van der Waals surface area contributed by atoms with Crippen LogP contribution in [-0.4, -0.2) is 29.7 Å². The van der Waals surface area contributed by atoms with Crippen molar-refractivity contribution in [1.82, 2.24) is 4.90 Å². The fourth-order valence-corrected chi connectivity index (χ4v) is 2.58. The second kappa shape index (κ2) is 5.22. The maximum atomic E-state index is 12.4. The molecule has 1 aromatic rings. The minimum Gasteiger partial charge on any atom is -0.337 e. The Hall–Kier alpha value is -1.16. The van der Waals surface area contributed by atoms with Crippen LogP contribution in [0.25, 0.3) is 0 Å². The van der Waals surface area contributed by atoms with Gasteiger partial charge in [0.2, 0.25) is 0 Å². The molecule has 0 aromatic heterocycles. The molecule has 0 aliphatic carbocycles. The van der Waals surface area contributed by atoms with Gasteiger partial charge in [0.15, 0.2) is 0 Å². The largest absolute Gasteiger partial charge is 0.337 e. The number of halogens is 1. The second-order valence-corrected chi connectivity index (χ2v) is 5.64. The third-order valence-electron chi connectivity index (χ3n) is 3.46. The summed E-state index contributed by atoms with van der Waals surface area (Å²) >= 11 is 3.43. The third-order valence-corrected chi connectivity index (χ3v) is 4.32. The van der Waals surface area contributed by atoms with Gasteiger partial charge in [-0.2, -0.15) is 0 Å². The van der Waals surface area contributed by atoms with Crippen LogP contribution in [0.3, 0.4) is 0 Å². The molecule has 3 nitrogen and oxygen atoms in total. The van der Waals surface area contributed by atoms with Gasteiger partial charge < -0.3 is 4.90 Å². The van der Waals surface area contributed by atoms with Gasteiger partial charge in [-0.3, -0.25) is 9.59 Å². The van der Waals surface area contributed by atoms with Gasteiger partial charge in [-0.25, -0.2) is 0 Å². The summed E-state index contributed by atoms with van der Waals surface area (Å²) < 4.78 is 0.939. The molecule has 1 aliphatic rings. The molecule has 1 saturated heterocycles. The normalized spacial score (nSPS) is 20.1. The van der Waals surface area contributed by atoms with E-state index in [1.54, 1.807) is 4.90 Å². The SMILES string of the molecule is Cc1c(Br)cccc1C(=O)N1CCC(=O)C(C)C1. The monoisotopic (exact) mass is 309 g/mol. The van der Waals surface area contributed by atoms with Crippen molar-refractivity contribution in [1.29, 1.82) is 0 Å². The van der Waals surface area contributed by atoms with Crippen molar-refractivity contribution >= 4 is 27.6 Å². The minimum atomic E-state index is -0.0461. The molecule has 1 aromatic carbocycles. The lowest BCUT2D eigenvalue weighted by molar-refractivity contribution is -0.124. The Morgan fingerprint density at radius 3 is 2.83 bits per heavy atom. The van der Waals surface area contributed by atoms with E-state index in [1.165, 1.54) is 0 Å². The molecule has 1 heterocycles. The molecule has 1 amide bonds. The van der Waals surface area contributed by atoms with Crippen LogP contribution in [0.5, 0.6) is 0 Å². The van der Waals surface area contributed by atoms with E-state index in [0.717, 1.165) is 10.0 Å². The van der Waals surface area contributed by atoms with E-state index < -0.39 is 0 Å². The zero-order chi connectivity index (χ0) is 13.3. The van der Waals surface area contributed by atoms with Gasteiger partial charge >= 0.3 is 0 Å². The van der Waals surface area contributed by atoms with Crippen LogP contribution in [0.2, 0.25) is 0 Å². The van der Waals surface area contributed by atoms with Crippen molar-refractivity contribution in [3.05, 3.63) is 33.8 Å². The van der Waals surface area contributed by atoms with E-state index >= 15 is 0 Å². The van der Waals surface area contributed by atoms with Crippen LogP contribution in [0.15, 0.2) is 22.7 Å². The van der Waals surface area contributed by atoms with Crippen LogP contribution in [0, 0.1) is 12.8 Å². The van der Waals surface area contributed by atoms with Gasteiger partial charge in [0.25, 0.3) is 5.91 Å². The molecule has 0 N–H and O–H groups in total. The predicted molar refractivity (Wildman–Crippen MR) is 73.6 cm³/mol. The molecule has 1 atom stereocenters. The molecule has 4 heteroatoms. The van der Waals surface area contributed by atoms with Gasteiger partial charge in [-0.15, -0.1) is 0 Å². The summed E-state index contributed by atoms with van der Waals surface area (Å²) in [5.41, 5.74) is 1.66. The molecule has 0 saturated carbocycles. The zero-order valence-electron chi connectivity index (χ0n) is 10.6. The Labute approximate surface area is 115 Å². The Bertz CT molecular complexity index is 499. The Morgan fingerprint density at radius 1 is 1.44 bits per heavy atom. The van der Waals surface area contributed by atoms with Crippen molar-refractivity contribution in [3.8, 4) is 0 Å². The molecule has 0 bridgehead atoms. The van der Waals surface area contributed by atoms with Crippen molar-refractivity contribution in [3.63, 3.8) is 0 Å². The highest BCUT2D eigenvalue weighted by Gasteiger charge is 2.27. The highest BCUT2D eigenvalue weighted by molar-refractivity contribution is 9.10. The highest BCUT2D eigenvalue weighted by Crippen LogP contribution is 2.22. The van der Waals surface area contributed by atoms with Crippen LogP contribution in [-0.2, 0) is 4.79 Å². The number of hydrogen-bond acceptors (Lipinski definition) is 2. The average Bonchev–Trinajstić information content (AvgIpc) is 2.35. The Kier molecular flexibility index (Phi) is 3.85. The first-order valence-corrected chi connectivity index (χ1v) is 6.87. The maximum absolute atomic E-state index is 12.4. The molecule has 0 radical (unpaired) electrons. The number of ketones is 1. The maximum Gasteiger partial charge on any atom is 0.254 e. The number of rotatable bonds is 1. The highest BCUT2D eigenvalue weighted by atomic mass is 79.9. The third kappa shape index (κ3) is 2.48. The fourth-order valence-electron chi connectivity index (χ4n) is 2.21. The topological polar surface area (TPSA) is 37.4 Å². The minimum absolute atomic E-state index is 0.0214. The summed E-state index contributed by atoms with van der Waals surface area (Å²) in [6.07, 6.45) is 0.472. The number of Topliss-reactive ketones (excluding diaryl/α,β-unsaturated/α-hetero) is 1. The van der Waals surface area contributed by atoms with Crippen molar-refractivity contribution in [2.45, 2.75) is 20.3 Å². The second-order valence-electron chi connectivity index (χ2n) is 4.78. The summed E-state index contributed by atoms with van der Waals surface area (Å²) in [6, 6.07) is 5.63. The zero-order valence-corrected chi connectivity index (χ0v) is 12.2. The molecule has 1 fully saturated rings. The molecule has 1 aliphatic heterocycles. The molecule has 1 unspecified atom stereocenters. The molecule has 18 heavy (non-hydrogen) atoms. The van der Waals surface area contributed by atoms with Gasteiger partial charge in [-0.1, -0.05) is 28.9 Å². The van der Waals surface area contributed by atoms with Gasteiger partial charge in [0, 0.05) is 35.5 Å². The lowest BCUT2D eigenvalue weighted by atomic mass is 9.97. The Balaban J connectivity index is 2.22. The van der Waals surface area contributed by atoms with E-state index in [-0.39, 0.29) is 17.6 Å². The summed E-state index contributed by atoms with van der Waals surface area (Å²) in [7, 11) is 0. The standard InChI is InChI=1S/C14H16BrNO2/c1-9-8-16(7-6-13(9)17)14(18)11-4-3-5-12(15)10(11)2/h3-5,9H,6-8H2,1-2H3. The summed E-state index contributed by atoms with van der Waals surface area (Å²) in [4.78, 5) is 25.7. The molecule has 2 rings (SSSR count). The van der Waals surface area contributed by atoms with E-state index in [9.17, 15) is 9.59 Å². The molecule has 0 spiro atoms. The smallest absolute Gasteiger partial charge is 0.254 e. The van der Waals surface area contributed by atoms with Crippen LogP contribution in [0.4, 0.5) is 0 Å². The first-order chi connectivity index (χ1) is 8.50. The number of amides is 1. The summed E-state index contributed by atoms with van der Waals surface area (Å²) in [5.74, 6) is 0.230. The number of benzene rings is 1. The number of hydrogen-bond donors (Lipinski definition) is 0. The van der Waals surface area contributed by atoms with E-state index in [1.807, 2.05) is 32.0 Å². The lowest BCUT2D eigenvalue weighted by Gasteiger charge is -2.30. The average molecular weight is 310 g/mol. The molecular weight excluding hydrogens is 294 g/mol. The first kappa shape index (κ1) is 13.3.